The standard InChI is InChI=1S/C9H19O3P/c1-6-9(7(2)3,8(4)5)13(10,11)12/h6-8H,1H2,2-5H3,(H2,10,11,12)/p-2. The van der Waals surface area contributed by atoms with Crippen LogP contribution in [0, 0.1) is 11.8 Å². The summed E-state index contributed by atoms with van der Waals surface area (Å²) in [5.74, 6) is -0.489. The van der Waals surface area contributed by atoms with Gasteiger partial charge in [0.15, 0.2) is 0 Å². The zero-order valence-corrected chi connectivity index (χ0v) is 9.51. The van der Waals surface area contributed by atoms with E-state index in [-0.39, 0.29) is 11.8 Å². The van der Waals surface area contributed by atoms with E-state index in [0.717, 1.165) is 0 Å². The van der Waals surface area contributed by atoms with E-state index in [1.54, 1.807) is 27.7 Å². The molecule has 0 aromatic carbocycles. The molecule has 0 heterocycles. The topological polar surface area (TPSA) is 63.2 Å². The predicted octanol–water partition coefficient (Wildman–Crippen LogP) is 1.14. The maximum atomic E-state index is 11.2. The van der Waals surface area contributed by atoms with Crippen LogP contribution in [0.15, 0.2) is 12.7 Å². The Balaban J connectivity index is 5.38. The Hall–Kier alpha value is -0.110. The first-order valence-electron chi connectivity index (χ1n) is 4.36. The molecule has 0 aliphatic rings. The first kappa shape index (κ1) is 12.9. The molecule has 0 saturated carbocycles. The van der Waals surface area contributed by atoms with E-state index in [2.05, 4.69) is 6.58 Å². The van der Waals surface area contributed by atoms with Gasteiger partial charge < -0.3 is 14.4 Å². The van der Waals surface area contributed by atoms with Crippen LogP contribution >= 0.6 is 7.60 Å². The van der Waals surface area contributed by atoms with Gasteiger partial charge in [-0.05, 0) is 11.8 Å². The Morgan fingerprint density at radius 3 is 1.54 bits per heavy atom. The maximum Gasteiger partial charge on any atom is 0.0202 e. The van der Waals surface area contributed by atoms with Gasteiger partial charge in [-0.2, -0.15) is 0 Å². The number of rotatable bonds is 4. The maximum absolute atomic E-state index is 11.2. The van der Waals surface area contributed by atoms with Gasteiger partial charge in [0.2, 0.25) is 0 Å². The molecule has 0 fully saturated rings. The second-order valence-electron chi connectivity index (χ2n) is 3.90. The van der Waals surface area contributed by atoms with Gasteiger partial charge in [0.25, 0.3) is 0 Å². The highest BCUT2D eigenvalue weighted by Crippen LogP contribution is 2.53. The van der Waals surface area contributed by atoms with Gasteiger partial charge in [0.05, 0.1) is 0 Å². The Morgan fingerprint density at radius 2 is 1.54 bits per heavy atom. The molecular weight excluding hydrogens is 187 g/mol. The largest absolute Gasteiger partial charge is 0.810 e. The minimum atomic E-state index is -4.64. The van der Waals surface area contributed by atoms with Crippen molar-refractivity contribution >= 4 is 7.60 Å². The summed E-state index contributed by atoms with van der Waals surface area (Å²) in [4.78, 5) is 22.3. The summed E-state index contributed by atoms with van der Waals surface area (Å²) < 4.78 is 11.2. The summed E-state index contributed by atoms with van der Waals surface area (Å²) in [5.41, 5.74) is 0. The Kier molecular flexibility index (Phi) is 3.92. The minimum absolute atomic E-state index is 0.245. The van der Waals surface area contributed by atoms with Crippen LogP contribution in [0.5, 0.6) is 0 Å². The summed E-state index contributed by atoms with van der Waals surface area (Å²) in [6.45, 7) is 10.4. The molecule has 0 unspecified atom stereocenters. The molecule has 0 N–H and O–H groups in total. The van der Waals surface area contributed by atoms with Gasteiger partial charge in [-0.3, -0.25) is 0 Å². The fourth-order valence-corrected chi connectivity index (χ4v) is 3.37. The highest BCUT2D eigenvalue weighted by Gasteiger charge is 2.37. The van der Waals surface area contributed by atoms with Crippen molar-refractivity contribution in [1.29, 1.82) is 0 Å². The first-order valence-corrected chi connectivity index (χ1v) is 5.90. The molecule has 0 aliphatic carbocycles. The normalized spacial score (nSPS) is 13.8. The highest BCUT2D eigenvalue weighted by atomic mass is 31.2. The van der Waals surface area contributed by atoms with Crippen LogP contribution in [0.3, 0.4) is 0 Å². The van der Waals surface area contributed by atoms with Crippen LogP contribution in [0.25, 0.3) is 0 Å². The minimum Gasteiger partial charge on any atom is -0.810 e. The smallest absolute Gasteiger partial charge is 0.0202 e. The van der Waals surface area contributed by atoms with Crippen LogP contribution in [0.1, 0.15) is 27.7 Å². The third-order valence-corrected chi connectivity index (χ3v) is 4.82. The van der Waals surface area contributed by atoms with Gasteiger partial charge in [-0.25, -0.2) is 0 Å². The predicted molar refractivity (Wildman–Crippen MR) is 50.2 cm³/mol. The van der Waals surface area contributed by atoms with Crippen LogP contribution < -0.4 is 9.79 Å². The summed E-state index contributed by atoms with van der Waals surface area (Å²) >= 11 is 0. The van der Waals surface area contributed by atoms with Crippen molar-refractivity contribution < 1.29 is 14.4 Å². The van der Waals surface area contributed by atoms with E-state index in [1.807, 2.05) is 0 Å². The summed E-state index contributed by atoms with van der Waals surface area (Å²) in [6, 6.07) is 0. The molecule has 0 saturated heterocycles. The molecule has 0 radical (unpaired) electrons. The van der Waals surface area contributed by atoms with Crippen molar-refractivity contribution in [2.45, 2.75) is 32.9 Å². The second kappa shape index (κ2) is 3.95. The lowest BCUT2D eigenvalue weighted by Crippen LogP contribution is -2.46. The molecule has 0 atom stereocenters. The van der Waals surface area contributed by atoms with E-state index in [0.29, 0.717) is 0 Å². The van der Waals surface area contributed by atoms with Gasteiger partial charge in [0, 0.05) is 5.16 Å². The average Bonchev–Trinajstić information content (AvgIpc) is 1.83. The lowest BCUT2D eigenvalue weighted by Gasteiger charge is -2.53. The summed E-state index contributed by atoms with van der Waals surface area (Å²) in [5, 5.41) is -1.31. The third-order valence-electron chi connectivity index (χ3n) is 2.65. The van der Waals surface area contributed by atoms with Crippen molar-refractivity contribution in [2.75, 3.05) is 0 Å². The number of allylic oxidation sites excluding steroid dienone is 1. The first-order chi connectivity index (χ1) is 5.70. The van der Waals surface area contributed by atoms with Gasteiger partial charge >= 0.3 is 0 Å². The van der Waals surface area contributed by atoms with E-state index >= 15 is 0 Å². The van der Waals surface area contributed by atoms with E-state index in [4.69, 9.17) is 0 Å². The van der Waals surface area contributed by atoms with Crippen molar-refractivity contribution in [3.8, 4) is 0 Å². The van der Waals surface area contributed by atoms with Crippen LogP contribution in [-0.4, -0.2) is 5.16 Å². The Bertz CT molecular complexity index is 219. The quantitative estimate of drug-likeness (QED) is 0.509. The number of hydrogen-bond acceptors (Lipinski definition) is 3. The Labute approximate surface area is 80.0 Å². The SMILES string of the molecule is C=CC(C(C)C)(C(C)C)P(=O)([O-])[O-]. The Morgan fingerprint density at radius 1 is 1.23 bits per heavy atom. The van der Waals surface area contributed by atoms with E-state index < -0.39 is 12.8 Å². The zero-order valence-electron chi connectivity index (χ0n) is 8.61. The molecule has 0 rings (SSSR count). The fraction of sp³-hybridized carbons (Fsp3) is 0.778. The van der Waals surface area contributed by atoms with Crippen LogP contribution in [0.4, 0.5) is 0 Å². The molecule has 0 spiro atoms. The lowest BCUT2D eigenvalue weighted by molar-refractivity contribution is -0.321. The molecule has 13 heavy (non-hydrogen) atoms. The molecule has 3 nitrogen and oxygen atoms in total. The van der Waals surface area contributed by atoms with Crippen molar-refractivity contribution in [1.82, 2.24) is 0 Å². The van der Waals surface area contributed by atoms with Gasteiger partial charge in [-0.15, -0.1) is 6.58 Å². The monoisotopic (exact) mass is 204 g/mol. The van der Waals surface area contributed by atoms with Crippen LogP contribution in [-0.2, 0) is 4.57 Å². The van der Waals surface area contributed by atoms with Crippen molar-refractivity contribution in [2.24, 2.45) is 11.8 Å². The fourth-order valence-electron chi connectivity index (χ4n) is 1.88. The molecule has 78 valence electrons. The van der Waals surface area contributed by atoms with Crippen molar-refractivity contribution in [3.05, 3.63) is 12.7 Å². The van der Waals surface area contributed by atoms with E-state index in [9.17, 15) is 14.4 Å². The zero-order chi connectivity index (χ0) is 10.9. The van der Waals surface area contributed by atoms with Crippen molar-refractivity contribution in [3.63, 3.8) is 0 Å². The summed E-state index contributed by atoms with van der Waals surface area (Å²) in [6.07, 6.45) is 1.28. The molecule has 0 aromatic heterocycles. The van der Waals surface area contributed by atoms with Crippen LogP contribution in [0.2, 0.25) is 0 Å². The molecular formula is C9H17O3P-2. The average molecular weight is 204 g/mol. The van der Waals surface area contributed by atoms with Gasteiger partial charge in [-0.1, -0.05) is 41.4 Å². The highest BCUT2D eigenvalue weighted by molar-refractivity contribution is 7.51. The molecule has 4 heteroatoms. The second-order valence-corrected chi connectivity index (χ2v) is 5.67. The molecule has 0 aliphatic heterocycles. The molecule has 0 aromatic rings. The number of hydrogen-bond donors (Lipinski definition) is 0. The third kappa shape index (κ3) is 2.04. The molecule has 0 amide bonds. The lowest BCUT2D eigenvalue weighted by atomic mass is 9.84. The molecule has 0 bridgehead atoms. The van der Waals surface area contributed by atoms with E-state index in [1.165, 1.54) is 6.08 Å². The summed E-state index contributed by atoms with van der Waals surface area (Å²) in [7, 11) is -4.64. The van der Waals surface area contributed by atoms with Gasteiger partial charge in [0.1, 0.15) is 0 Å².